The van der Waals surface area contributed by atoms with Crippen molar-refractivity contribution in [2.24, 2.45) is 5.18 Å². The summed E-state index contributed by atoms with van der Waals surface area (Å²) < 4.78 is 5.28. The molecule has 58 valence electrons. The van der Waals surface area contributed by atoms with Gasteiger partial charge in [0.15, 0.2) is 0 Å². The summed E-state index contributed by atoms with van der Waals surface area (Å²) in [7, 11) is 0. The first kappa shape index (κ1) is 7.63. The quantitative estimate of drug-likeness (QED) is 0.544. The number of hydrogen-bond acceptors (Lipinski definition) is 4. The highest BCUT2D eigenvalue weighted by atomic mass is 16.5. The zero-order chi connectivity index (χ0) is 7.61. The van der Waals surface area contributed by atoms with Crippen molar-refractivity contribution in [1.29, 1.82) is 0 Å². The summed E-state index contributed by atoms with van der Waals surface area (Å²) in [5.74, 6) is 0. The minimum atomic E-state index is -0.850. The van der Waals surface area contributed by atoms with Gasteiger partial charge in [-0.15, -0.1) is 4.91 Å². The van der Waals surface area contributed by atoms with E-state index in [1.165, 1.54) is 0 Å². The summed E-state index contributed by atoms with van der Waals surface area (Å²) in [5, 5.41) is 5.95. The number of rotatable bonds is 1. The largest absolute Gasteiger partial charge is 0.345 e. The predicted molar refractivity (Wildman–Crippen MR) is 37.6 cm³/mol. The number of nitrogens with one attached hydrogen (secondary N) is 1. The number of nitrogens with zero attached hydrogens (tertiary/aromatic N) is 1. The van der Waals surface area contributed by atoms with E-state index in [1.807, 2.05) is 6.92 Å². The zero-order valence-electron chi connectivity index (χ0n) is 6.26. The van der Waals surface area contributed by atoms with E-state index in [0.29, 0.717) is 6.54 Å². The van der Waals surface area contributed by atoms with Gasteiger partial charge in [0.2, 0.25) is 5.72 Å². The Morgan fingerprint density at radius 3 is 2.90 bits per heavy atom. The summed E-state index contributed by atoms with van der Waals surface area (Å²) in [6, 6.07) is 0. The average molecular weight is 144 g/mol. The van der Waals surface area contributed by atoms with Crippen molar-refractivity contribution in [3.63, 3.8) is 0 Å². The molecule has 1 N–H and O–H groups in total. The Morgan fingerprint density at radius 2 is 2.50 bits per heavy atom. The zero-order valence-corrected chi connectivity index (χ0v) is 6.26. The summed E-state index contributed by atoms with van der Waals surface area (Å²) in [6.07, 6.45) is 0.0800. The predicted octanol–water partition coefficient (Wildman–Crippen LogP) is 0.477. The lowest BCUT2D eigenvalue weighted by atomic mass is 10.2. The fraction of sp³-hybridized carbons (Fsp3) is 1.00. The first-order valence-corrected chi connectivity index (χ1v) is 3.39. The molecule has 0 aliphatic carbocycles. The van der Waals surface area contributed by atoms with Crippen LogP contribution in [0.2, 0.25) is 0 Å². The molecule has 0 spiro atoms. The van der Waals surface area contributed by atoms with E-state index in [9.17, 15) is 4.91 Å². The van der Waals surface area contributed by atoms with Crippen molar-refractivity contribution >= 4 is 0 Å². The number of hydrogen-bond donors (Lipinski definition) is 1. The molecule has 0 unspecified atom stereocenters. The van der Waals surface area contributed by atoms with E-state index in [0.717, 1.165) is 6.54 Å². The van der Waals surface area contributed by atoms with Crippen LogP contribution in [-0.4, -0.2) is 24.9 Å². The van der Waals surface area contributed by atoms with Gasteiger partial charge in [-0.25, -0.2) is 0 Å². The highest BCUT2D eigenvalue weighted by Crippen LogP contribution is 2.16. The minimum absolute atomic E-state index is 0.0800. The third kappa shape index (κ3) is 1.52. The van der Waals surface area contributed by atoms with E-state index in [-0.39, 0.29) is 6.10 Å². The fourth-order valence-corrected chi connectivity index (χ4v) is 1.08. The first-order valence-electron chi connectivity index (χ1n) is 3.39. The molecule has 10 heavy (non-hydrogen) atoms. The third-order valence-electron chi connectivity index (χ3n) is 1.53. The second kappa shape index (κ2) is 2.64. The van der Waals surface area contributed by atoms with Crippen LogP contribution in [-0.2, 0) is 4.74 Å². The van der Waals surface area contributed by atoms with Crippen LogP contribution in [0.5, 0.6) is 0 Å². The first-order chi connectivity index (χ1) is 4.66. The Labute approximate surface area is 59.9 Å². The Morgan fingerprint density at radius 1 is 1.80 bits per heavy atom. The molecule has 0 aromatic rings. The van der Waals surface area contributed by atoms with E-state index in [4.69, 9.17) is 4.74 Å². The molecule has 0 saturated carbocycles. The molecule has 1 aliphatic heterocycles. The topological polar surface area (TPSA) is 50.7 Å². The van der Waals surface area contributed by atoms with Gasteiger partial charge < -0.3 is 10.1 Å². The molecule has 1 rings (SSSR count). The Hall–Kier alpha value is -0.480. The molecule has 1 fully saturated rings. The Balaban J connectivity index is 2.53. The molecule has 4 nitrogen and oxygen atoms in total. The van der Waals surface area contributed by atoms with Crippen molar-refractivity contribution in [2.45, 2.75) is 25.7 Å². The third-order valence-corrected chi connectivity index (χ3v) is 1.53. The summed E-state index contributed by atoms with van der Waals surface area (Å²) in [6.45, 7) is 4.91. The summed E-state index contributed by atoms with van der Waals surface area (Å²) in [4.78, 5) is 10.2. The highest BCUT2D eigenvalue weighted by molar-refractivity contribution is 4.80. The Kier molecular flexibility index (Phi) is 2.01. The van der Waals surface area contributed by atoms with Gasteiger partial charge in [0.1, 0.15) is 0 Å². The molecule has 0 aromatic heterocycles. The molecular weight excluding hydrogens is 132 g/mol. The van der Waals surface area contributed by atoms with Gasteiger partial charge in [-0.05, 0) is 19.0 Å². The highest BCUT2D eigenvalue weighted by Gasteiger charge is 2.31. The van der Waals surface area contributed by atoms with Gasteiger partial charge in [0.05, 0.1) is 6.10 Å². The van der Waals surface area contributed by atoms with E-state index in [2.05, 4.69) is 10.5 Å². The maximum absolute atomic E-state index is 10.2. The second-order valence-electron chi connectivity index (χ2n) is 2.83. The van der Waals surface area contributed by atoms with Gasteiger partial charge in [0, 0.05) is 13.1 Å². The molecule has 0 amide bonds. The number of nitroso groups, excluding NO2 is 1. The standard InChI is InChI=1S/C6H12N2O2/c1-5-3-7-4-6(2,8-9)10-5/h5,7H,3-4H2,1-2H3/t5-,6-/m1/s1. The van der Waals surface area contributed by atoms with Crippen LogP contribution in [0.15, 0.2) is 5.18 Å². The lowest BCUT2D eigenvalue weighted by molar-refractivity contribution is -0.0924. The molecule has 0 aromatic carbocycles. The summed E-state index contributed by atoms with van der Waals surface area (Å²) >= 11 is 0. The van der Waals surface area contributed by atoms with Gasteiger partial charge in [-0.3, -0.25) is 0 Å². The lowest BCUT2D eigenvalue weighted by Gasteiger charge is -2.31. The van der Waals surface area contributed by atoms with Crippen LogP contribution >= 0.6 is 0 Å². The second-order valence-corrected chi connectivity index (χ2v) is 2.83. The number of morpholine rings is 1. The van der Waals surface area contributed by atoms with Crippen LogP contribution in [0.4, 0.5) is 0 Å². The maximum Gasteiger partial charge on any atom is 0.209 e. The Bertz CT molecular complexity index is 140. The van der Waals surface area contributed by atoms with E-state index >= 15 is 0 Å². The van der Waals surface area contributed by atoms with Crippen molar-refractivity contribution in [3.8, 4) is 0 Å². The molecule has 0 bridgehead atoms. The number of ether oxygens (including phenoxy) is 1. The van der Waals surface area contributed by atoms with Gasteiger partial charge in [-0.1, -0.05) is 0 Å². The molecule has 1 aliphatic rings. The van der Waals surface area contributed by atoms with Crippen LogP contribution in [0.25, 0.3) is 0 Å². The molecule has 4 heteroatoms. The van der Waals surface area contributed by atoms with E-state index < -0.39 is 5.72 Å². The van der Waals surface area contributed by atoms with Crippen molar-refractivity contribution in [2.75, 3.05) is 13.1 Å². The molecule has 0 radical (unpaired) electrons. The average Bonchev–Trinajstić information content (AvgIpc) is 1.88. The summed E-state index contributed by atoms with van der Waals surface area (Å²) in [5.41, 5.74) is -0.850. The van der Waals surface area contributed by atoms with Gasteiger partial charge in [-0.2, -0.15) is 0 Å². The molecule has 1 heterocycles. The van der Waals surface area contributed by atoms with E-state index in [1.54, 1.807) is 6.92 Å². The van der Waals surface area contributed by atoms with Crippen molar-refractivity contribution in [1.82, 2.24) is 5.32 Å². The monoisotopic (exact) mass is 144 g/mol. The molecule has 1 saturated heterocycles. The minimum Gasteiger partial charge on any atom is -0.345 e. The SMILES string of the molecule is C[C@@H]1CNC[C@](C)(N=O)O1. The smallest absolute Gasteiger partial charge is 0.209 e. The van der Waals surface area contributed by atoms with Crippen LogP contribution < -0.4 is 5.32 Å². The van der Waals surface area contributed by atoms with Crippen LogP contribution in [0.1, 0.15) is 13.8 Å². The van der Waals surface area contributed by atoms with Gasteiger partial charge >= 0.3 is 0 Å². The normalized spacial score (nSPS) is 41.2. The molecule has 2 atom stereocenters. The van der Waals surface area contributed by atoms with Crippen molar-refractivity contribution in [3.05, 3.63) is 4.91 Å². The van der Waals surface area contributed by atoms with Crippen LogP contribution in [0, 0.1) is 4.91 Å². The van der Waals surface area contributed by atoms with Crippen molar-refractivity contribution < 1.29 is 4.74 Å². The molecular formula is C6H12N2O2. The van der Waals surface area contributed by atoms with Gasteiger partial charge in [0.25, 0.3) is 0 Å². The lowest BCUT2D eigenvalue weighted by Crippen LogP contribution is -2.49. The maximum atomic E-state index is 10.2. The fourth-order valence-electron chi connectivity index (χ4n) is 1.08. The van der Waals surface area contributed by atoms with Crippen LogP contribution in [0.3, 0.4) is 0 Å².